The SMILES string of the molecule is CCCCCCC(C)(O)CCN1C(=O)C(C)(C)C(O)C1CCCCCCC(=O)OCC. The molecule has 1 fully saturated rings. The molecule has 0 aromatic carbocycles. The van der Waals surface area contributed by atoms with E-state index in [0.29, 0.717) is 26.0 Å². The Morgan fingerprint density at radius 3 is 2.35 bits per heavy atom. The summed E-state index contributed by atoms with van der Waals surface area (Å²) in [5.74, 6) is -0.164. The molecule has 1 amide bonds. The molecular formula is C25H47NO5. The number of rotatable bonds is 16. The van der Waals surface area contributed by atoms with Crippen LogP contribution in [0.5, 0.6) is 0 Å². The van der Waals surface area contributed by atoms with Crippen molar-refractivity contribution >= 4 is 11.9 Å². The van der Waals surface area contributed by atoms with E-state index in [4.69, 9.17) is 4.74 Å². The number of nitrogens with zero attached hydrogens (tertiary/aromatic N) is 1. The number of hydrogen-bond acceptors (Lipinski definition) is 5. The molecule has 0 aromatic rings. The summed E-state index contributed by atoms with van der Waals surface area (Å²) >= 11 is 0. The molecule has 182 valence electrons. The highest BCUT2D eigenvalue weighted by atomic mass is 16.5. The van der Waals surface area contributed by atoms with Crippen LogP contribution >= 0.6 is 0 Å². The van der Waals surface area contributed by atoms with E-state index >= 15 is 0 Å². The van der Waals surface area contributed by atoms with Gasteiger partial charge in [-0.15, -0.1) is 0 Å². The smallest absolute Gasteiger partial charge is 0.305 e. The third-order valence-corrected chi connectivity index (χ3v) is 6.71. The summed E-state index contributed by atoms with van der Waals surface area (Å²) in [6, 6.07) is -0.205. The third kappa shape index (κ3) is 9.09. The molecule has 1 aliphatic heterocycles. The Labute approximate surface area is 189 Å². The first-order chi connectivity index (χ1) is 14.6. The molecule has 1 saturated heterocycles. The maximum atomic E-state index is 13.0. The minimum absolute atomic E-state index is 0.0194. The molecule has 31 heavy (non-hydrogen) atoms. The number of likely N-dealkylation sites (tertiary alicyclic amines) is 1. The van der Waals surface area contributed by atoms with Crippen molar-refractivity contribution in [3.05, 3.63) is 0 Å². The van der Waals surface area contributed by atoms with Gasteiger partial charge in [-0.05, 0) is 53.4 Å². The van der Waals surface area contributed by atoms with Gasteiger partial charge < -0.3 is 19.8 Å². The number of amides is 1. The van der Waals surface area contributed by atoms with Crippen molar-refractivity contribution in [2.75, 3.05) is 13.2 Å². The summed E-state index contributed by atoms with van der Waals surface area (Å²) in [5, 5.41) is 21.6. The summed E-state index contributed by atoms with van der Waals surface area (Å²) in [7, 11) is 0. The fraction of sp³-hybridized carbons (Fsp3) is 0.920. The van der Waals surface area contributed by atoms with Gasteiger partial charge in [0.2, 0.25) is 5.91 Å². The number of hydrogen-bond donors (Lipinski definition) is 2. The second-order valence-corrected chi connectivity index (χ2v) is 10.0. The monoisotopic (exact) mass is 441 g/mol. The zero-order valence-electron chi connectivity index (χ0n) is 20.6. The van der Waals surface area contributed by atoms with Gasteiger partial charge >= 0.3 is 5.97 Å². The van der Waals surface area contributed by atoms with Crippen molar-refractivity contribution in [3.8, 4) is 0 Å². The molecule has 1 rings (SSSR count). The normalized spacial score (nSPS) is 22.5. The van der Waals surface area contributed by atoms with Crippen molar-refractivity contribution in [2.24, 2.45) is 5.41 Å². The van der Waals surface area contributed by atoms with E-state index in [0.717, 1.165) is 51.4 Å². The van der Waals surface area contributed by atoms with Gasteiger partial charge in [-0.2, -0.15) is 0 Å². The van der Waals surface area contributed by atoms with E-state index in [-0.39, 0.29) is 17.9 Å². The number of esters is 1. The Kier molecular flexibility index (Phi) is 12.1. The topological polar surface area (TPSA) is 87.1 Å². The summed E-state index contributed by atoms with van der Waals surface area (Å²) in [6.45, 7) is 10.4. The zero-order valence-corrected chi connectivity index (χ0v) is 20.6. The van der Waals surface area contributed by atoms with E-state index in [9.17, 15) is 19.8 Å². The summed E-state index contributed by atoms with van der Waals surface area (Å²) in [4.78, 5) is 26.2. The molecule has 0 aromatic heterocycles. The molecular weight excluding hydrogens is 394 g/mol. The van der Waals surface area contributed by atoms with Gasteiger partial charge in [-0.3, -0.25) is 9.59 Å². The molecule has 0 aliphatic carbocycles. The number of carbonyl (C=O) groups is 2. The predicted octanol–water partition coefficient (Wildman–Crippen LogP) is 4.60. The van der Waals surface area contributed by atoms with Crippen LogP contribution in [-0.2, 0) is 14.3 Å². The van der Waals surface area contributed by atoms with Crippen molar-refractivity contribution in [1.82, 2.24) is 4.90 Å². The van der Waals surface area contributed by atoms with Crippen LogP contribution in [0.25, 0.3) is 0 Å². The van der Waals surface area contributed by atoms with E-state index < -0.39 is 17.1 Å². The number of unbranched alkanes of at least 4 members (excludes halogenated alkanes) is 6. The lowest BCUT2D eigenvalue weighted by Crippen LogP contribution is -2.40. The molecule has 6 heteroatoms. The lowest BCUT2D eigenvalue weighted by molar-refractivity contribution is -0.143. The molecule has 3 unspecified atom stereocenters. The van der Waals surface area contributed by atoms with Crippen LogP contribution in [0.2, 0.25) is 0 Å². The third-order valence-electron chi connectivity index (χ3n) is 6.71. The molecule has 0 saturated carbocycles. The number of aliphatic hydroxyl groups excluding tert-OH is 1. The molecule has 3 atom stereocenters. The van der Waals surface area contributed by atoms with Crippen LogP contribution in [0.1, 0.15) is 112 Å². The maximum Gasteiger partial charge on any atom is 0.305 e. The number of aliphatic hydroxyl groups is 2. The Balaban J connectivity index is 2.52. The van der Waals surface area contributed by atoms with Gasteiger partial charge in [0, 0.05) is 13.0 Å². The Hall–Kier alpha value is -1.14. The first-order valence-electron chi connectivity index (χ1n) is 12.4. The predicted molar refractivity (Wildman–Crippen MR) is 124 cm³/mol. The summed E-state index contributed by atoms with van der Waals surface area (Å²) in [6.07, 6.45) is 9.84. The Morgan fingerprint density at radius 1 is 1.06 bits per heavy atom. The van der Waals surface area contributed by atoms with Crippen LogP contribution in [0.15, 0.2) is 0 Å². The quantitative estimate of drug-likeness (QED) is 0.270. The van der Waals surface area contributed by atoms with Crippen molar-refractivity contribution in [3.63, 3.8) is 0 Å². The van der Waals surface area contributed by atoms with E-state index in [1.165, 1.54) is 12.8 Å². The lowest BCUT2D eigenvalue weighted by atomic mass is 9.85. The highest BCUT2D eigenvalue weighted by Gasteiger charge is 2.52. The molecule has 6 nitrogen and oxygen atoms in total. The van der Waals surface area contributed by atoms with Crippen molar-refractivity contribution in [2.45, 2.75) is 129 Å². The van der Waals surface area contributed by atoms with Crippen LogP contribution in [-0.4, -0.2) is 57.9 Å². The first kappa shape index (κ1) is 27.9. The Bertz CT molecular complexity index is 546. The lowest BCUT2D eigenvalue weighted by Gasteiger charge is -2.30. The zero-order chi connectivity index (χ0) is 23.5. The first-order valence-corrected chi connectivity index (χ1v) is 12.4. The summed E-state index contributed by atoms with van der Waals surface area (Å²) in [5.41, 5.74) is -1.58. The van der Waals surface area contributed by atoms with Gasteiger partial charge in [0.05, 0.1) is 29.8 Å². The minimum atomic E-state index is -0.790. The van der Waals surface area contributed by atoms with Gasteiger partial charge in [-0.1, -0.05) is 51.9 Å². The highest BCUT2D eigenvalue weighted by molar-refractivity contribution is 5.85. The van der Waals surface area contributed by atoms with Crippen LogP contribution in [0, 0.1) is 5.41 Å². The fourth-order valence-electron chi connectivity index (χ4n) is 4.51. The minimum Gasteiger partial charge on any atom is -0.466 e. The average Bonchev–Trinajstić information content (AvgIpc) is 2.86. The van der Waals surface area contributed by atoms with E-state index in [2.05, 4.69) is 6.92 Å². The molecule has 1 aliphatic rings. The molecule has 2 N–H and O–H groups in total. The van der Waals surface area contributed by atoms with Gasteiger partial charge in [-0.25, -0.2) is 0 Å². The van der Waals surface area contributed by atoms with Crippen LogP contribution in [0.3, 0.4) is 0 Å². The Morgan fingerprint density at radius 2 is 1.71 bits per heavy atom. The van der Waals surface area contributed by atoms with Gasteiger partial charge in [0.25, 0.3) is 0 Å². The van der Waals surface area contributed by atoms with Crippen LogP contribution in [0.4, 0.5) is 0 Å². The largest absolute Gasteiger partial charge is 0.466 e. The molecule has 0 bridgehead atoms. The molecule has 0 spiro atoms. The molecule has 0 radical (unpaired) electrons. The second kappa shape index (κ2) is 13.4. The van der Waals surface area contributed by atoms with Crippen molar-refractivity contribution < 1.29 is 24.5 Å². The van der Waals surface area contributed by atoms with Gasteiger partial charge in [0.15, 0.2) is 0 Å². The summed E-state index contributed by atoms with van der Waals surface area (Å²) < 4.78 is 4.95. The number of carbonyl (C=O) groups excluding carboxylic acids is 2. The van der Waals surface area contributed by atoms with E-state index in [1.807, 2.05) is 32.6 Å². The molecule has 1 heterocycles. The fourth-order valence-corrected chi connectivity index (χ4v) is 4.51. The average molecular weight is 442 g/mol. The second-order valence-electron chi connectivity index (χ2n) is 10.0. The van der Waals surface area contributed by atoms with Gasteiger partial charge in [0.1, 0.15) is 0 Å². The highest BCUT2D eigenvalue weighted by Crippen LogP contribution is 2.38. The maximum absolute atomic E-state index is 13.0. The van der Waals surface area contributed by atoms with Crippen molar-refractivity contribution in [1.29, 1.82) is 0 Å². The standard InChI is InChI=1S/C25H47NO5/c1-6-8-9-14-17-25(5,30)18-19-26-20(22(28)24(3,4)23(26)29)15-12-10-11-13-16-21(27)31-7-2/h20,22,28,30H,6-19H2,1-5H3. The van der Waals surface area contributed by atoms with Crippen LogP contribution < -0.4 is 0 Å². The van der Waals surface area contributed by atoms with E-state index in [1.54, 1.807) is 0 Å². The number of ether oxygens (including phenoxy) is 1.